The lowest BCUT2D eigenvalue weighted by molar-refractivity contribution is -0.123. The van der Waals surface area contributed by atoms with Gasteiger partial charge < -0.3 is 45.3 Å². The van der Waals surface area contributed by atoms with Gasteiger partial charge in [0.1, 0.15) is 23.8 Å². The maximum atomic E-state index is 12.5. The maximum Gasteiger partial charge on any atom is 0.415 e. The van der Waals surface area contributed by atoms with Gasteiger partial charge in [-0.25, -0.2) is 14.6 Å². The van der Waals surface area contributed by atoms with Crippen LogP contribution in [0.1, 0.15) is 47.1 Å². The standard InChI is InChI=1S/C24H24N4O4.C23H23ClN4O4.CH2O2/c25-11-17-3-1-2-16-8-15(9-20(16)17)12-26-7-6-19-13-28(24(30)32-19)18-4-5-22-21(10-18)27-23(29)14-31-22;24-17-3-1-2-12-6-15(9-16(12)17)25-14-7-13(8-14)19-10-28(23(30)32-19)20-5-4-18-22(26-20)27-21(29)11-31-18;2-1-3/h1-5,10,15,19,26H,6-9,12-14H2,(H,27,29);1-5,13-15,19,25H,6-11H2,(H,26,27,29);1H,(H,2,3)/t;13-,14-,15?,19?;. The van der Waals surface area contributed by atoms with Crippen molar-refractivity contribution in [3.8, 4) is 17.6 Å². The molecule has 4 amide bonds. The van der Waals surface area contributed by atoms with Crippen molar-refractivity contribution in [2.75, 3.05) is 59.8 Å². The number of carboxylic acid groups (broad SMARTS) is 1. The number of nitrogens with one attached hydrogen (secondary N) is 4. The second-order valence-corrected chi connectivity index (χ2v) is 17.9. The first-order valence-electron chi connectivity index (χ1n) is 22.3. The average molecular weight is 933 g/mol. The highest BCUT2D eigenvalue weighted by molar-refractivity contribution is 6.31. The van der Waals surface area contributed by atoms with Gasteiger partial charge in [-0.3, -0.25) is 24.2 Å². The van der Waals surface area contributed by atoms with Crippen molar-refractivity contribution in [2.24, 2.45) is 11.8 Å². The SMILES string of the molecule is N#Cc1cccc2c1CC(CNCCC1CN(c3ccc4c(c3)NC(=O)CO4)C(=O)O1)C2.O=C1COc2ccc(N3CC([C@H]4C[C@H](NC5Cc6cccc(Cl)c6C5)C4)OC3=O)nc2N1.O=CO. The second kappa shape index (κ2) is 19.9. The Balaban J connectivity index is 0.000000159. The normalized spacial score (nSPS) is 23.9. The van der Waals surface area contributed by atoms with Crippen LogP contribution in [0, 0.1) is 23.2 Å². The molecule has 67 heavy (non-hydrogen) atoms. The zero-order chi connectivity index (χ0) is 46.6. The number of benzene rings is 3. The summed E-state index contributed by atoms with van der Waals surface area (Å²) in [5.41, 5.74) is 7.10. The topological polar surface area (TPSA) is 234 Å². The molecule has 19 heteroatoms. The molecule has 4 atom stereocenters. The van der Waals surface area contributed by atoms with E-state index in [0.717, 1.165) is 68.6 Å². The molecule has 3 aromatic carbocycles. The van der Waals surface area contributed by atoms with Crippen molar-refractivity contribution in [2.45, 2.75) is 69.2 Å². The van der Waals surface area contributed by atoms with Crippen LogP contribution in [0.2, 0.25) is 5.02 Å². The van der Waals surface area contributed by atoms with Gasteiger partial charge in [0, 0.05) is 28.7 Å². The van der Waals surface area contributed by atoms with E-state index in [-0.39, 0.29) is 49.8 Å². The molecule has 4 aromatic rings. The number of carbonyl (C=O) groups excluding carboxylic acids is 4. The number of pyridine rings is 1. The smallest absolute Gasteiger partial charge is 0.415 e. The van der Waals surface area contributed by atoms with E-state index in [0.29, 0.717) is 71.5 Å². The molecule has 1 aromatic heterocycles. The number of cyclic esters (lactones) is 2. The molecule has 7 aliphatic rings. The number of halogens is 1. The summed E-state index contributed by atoms with van der Waals surface area (Å²) in [6.45, 7) is 2.26. The van der Waals surface area contributed by atoms with Gasteiger partial charge in [0.25, 0.3) is 18.3 Å². The predicted octanol–water partition coefficient (Wildman–Crippen LogP) is 5.24. The number of carbonyl (C=O) groups is 5. The fourth-order valence-corrected chi connectivity index (χ4v) is 10.1. The summed E-state index contributed by atoms with van der Waals surface area (Å²) in [4.78, 5) is 63.8. The van der Waals surface area contributed by atoms with Gasteiger partial charge in [-0.05, 0) is 129 Å². The third-order valence-electron chi connectivity index (χ3n) is 13.1. The first-order chi connectivity index (χ1) is 32.5. The Kier molecular flexibility index (Phi) is 13.4. The van der Waals surface area contributed by atoms with Crippen molar-refractivity contribution < 1.29 is 48.0 Å². The molecule has 3 fully saturated rings. The summed E-state index contributed by atoms with van der Waals surface area (Å²) < 4.78 is 21.9. The average Bonchev–Trinajstić information content (AvgIpc) is 4.11. The van der Waals surface area contributed by atoms with Crippen LogP contribution in [0.15, 0.2) is 66.7 Å². The highest BCUT2D eigenvalue weighted by Gasteiger charge is 2.44. The third kappa shape index (κ3) is 10.1. The first-order valence-corrected chi connectivity index (χ1v) is 22.7. The largest absolute Gasteiger partial charge is 0.483 e. The van der Waals surface area contributed by atoms with Crippen LogP contribution in [-0.4, -0.2) is 104 Å². The van der Waals surface area contributed by atoms with E-state index in [1.54, 1.807) is 35.2 Å². The molecular formula is C48H49ClN8O10. The van der Waals surface area contributed by atoms with Crippen LogP contribution in [0.3, 0.4) is 0 Å². The summed E-state index contributed by atoms with van der Waals surface area (Å²) in [5, 5.41) is 29.7. The van der Waals surface area contributed by atoms with Crippen molar-refractivity contribution in [1.82, 2.24) is 15.6 Å². The molecule has 348 valence electrons. The maximum absolute atomic E-state index is 12.5. The van der Waals surface area contributed by atoms with Crippen LogP contribution >= 0.6 is 11.6 Å². The van der Waals surface area contributed by atoms with Crippen LogP contribution in [0.5, 0.6) is 11.5 Å². The molecule has 1 saturated carbocycles. The molecule has 2 saturated heterocycles. The van der Waals surface area contributed by atoms with Gasteiger partial charge in [0.05, 0.1) is 30.4 Å². The minimum Gasteiger partial charge on any atom is -0.483 e. The van der Waals surface area contributed by atoms with Gasteiger partial charge in [-0.15, -0.1) is 0 Å². The number of hydrogen-bond acceptors (Lipinski definition) is 13. The molecule has 0 spiro atoms. The minimum absolute atomic E-state index is 0.000388. The molecule has 18 nitrogen and oxygen atoms in total. The number of ether oxygens (including phenoxy) is 4. The van der Waals surface area contributed by atoms with Crippen LogP contribution in [0.4, 0.5) is 32.6 Å². The quantitative estimate of drug-likeness (QED) is 0.101. The van der Waals surface area contributed by atoms with Crippen LogP contribution < -0.4 is 40.5 Å². The highest BCUT2D eigenvalue weighted by atomic mass is 35.5. The number of hydrogen-bond donors (Lipinski definition) is 5. The number of nitriles is 1. The molecule has 3 aliphatic carbocycles. The molecule has 11 rings (SSSR count). The second-order valence-electron chi connectivity index (χ2n) is 17.5. The zero-order valence-corrected chi connectivity index (χ0v) is 37.1. The van der Waals surface area contributed by atoms with Crippen molar-refractivity contribution in [1.29, 1.82) is 5.26 Å². The van der Waals surface area contributed by atoms with Gasteiger partial charge >= 0.3 is 12.2 Å². The lowest BCUT2D eigenvalue weighted by Crippen LogP contribution is -2.50. The van der Waals surface area contributed by atoms with Gasteiger partial charge in [0.2, 0.25) is 0 Å². The monoisotopic (exact) mass is 932 g/mol. The van der Waals surface area contributed by atoms with E-state index in [9.17, 15) is 24.4 Å². The van der Waals surface area contributed by atoms with E-state index < -0.39 is 6.09 Å². The van der Waals surface area contributed by atoms with E-state index in [1.165, 1.54) is 27.2 Å². The molecule has 5 N–H and O–H groups in total. The van der Waals surface area contributed by atoms with Crippen LogP contribution in [-0.2, 0) is 49.5 Å². The first kappa shape index (κ1) is 45.2. The summed E-state index contributed by atoms with van der Waals surface area (Å²) in [6.07, 6.45) is 5.44. The van der Waals surface area contributed by atoms with Crippen molar-refractivity contribution in [3.63, 3.8) is 0 Å². The molecule has 0 bridgehead atoms. The number of aromatic nitrogens is 1. The fourth-order valence-electron chi connectivity index (χ4n) is 9.86. The Morgan fingerprint density at radius 2 is 1.57 bits per heavy atom. The van der Waals surface area contributed by atoms with E-state index in [4.69, 9.17) is 40.4 Å². The van der Waals surface area contributed by atoms with Crippen molar-refractivity contribution >= 4 is 65.1 Å². The number of amides is 4. The fraction of sp³-hybridized carbons (Fsp3) is 0.396. The Morgan fingerprint density at radius 1 is 0.836 bits per heavy atom. The summed E-state index contributed by atoms with van der Waals surface area (Å²) in [7, 11) is 0. The number of fused-ring (bicyclic) bond motifs is 4. The van der Waals surface area contributed by atoms with E-state index >= 15 is 0 Å². The summed E-state index contributed by atoms with van der Waals surface area (Å²) in [6, 6.07) is 23.9. The zero-order valence-electron chi connectivity index (χ0n) is 36.4. The van der Waals surface area contributed by atoms with E-state index in [1.807, 2.05) is 24.3 Å². The number of rotatable bonds is 10. The predicted molar refractivity (Wildman–Crippen MR) is 245 cm³/mol. The third-order valence-corrected chi connectivity index (χ3v) is 13.5. The lowest BCUT2D eigenvalue weighted by atomic mass is 9.76. The van der Waals surface area contributed by atoms with Gasteiger partial charge in [-0.2, -0.15) is 5.26 Å². The van der Waals surface area contributed by atoms with Gasteiger partial charge in [-0.1, -0.05) is 35.9 Å². The minimum atomic E-state index is -0.400. The van der Waals surface area contributed by atoms with Crippen molar-refractivity contribution in [3.05, 3.63) is 99.6 Å². The molecule has 5 heterocycles. The number of nitrogens with zero attached hydrogens (tertiary/aromatic N) is 4. The molecule has 4 aliphatic heterocycles. The highest BCUT2D eigenvalue weighted by Crippen LogP contribution is 2.39. The van der Waals surface area contributed by atoms with Gasteiger partial charge in [0.15, 0.2) is 24.8 Å². The lowest BCUT2D eigenvalue weighted by Gasteiger charge is -2.39. The molecule has 4 unspecified atom stereocenters. The molecular weight excluding hydrogens is 884 g/mol. The Morgan fingerprint density at radius 3 is 2.36 bits per heavy atom. The Hall–Kier alpha value is -6.94. The number of anilines is 4. The Labute approximate surface area is 390 Å². The van der Waals surface area contributed by atoms with Crippen LogP contribution in [0.25, 0.3) is 0 Å². The summed E-state index contributed by atoms with van der Waals surface area (Å²) >= 11 is 6.34. The van der Waals surface area contributed by atoms with E-state index in [2.05, 4.69) is 44.5 Å². The Bertz CT molecular complexity index is 2620. The molecule has 0 radical (unpaired) electrons. The summed E-state index contributed by atoms with van der Waals surface area (Å²) in [5.74, 6) is 2.22.